The second-order valence-electron chi connectivity index (χ2n) is 10.5. The van der Waals surface area contributed by atoms with Crippen molar-refractivity contribution >= 4 is 37.7 Å². The molecule has 0 saturated carbocycles. The minimum Gasteiger partial charge on any atom is -0.381 e. The van der Waals surface area contributed by atoms with E-state index < -0.39 is 9.84 Å². The lowest BCUT2D eigenvalue weighted by Crippen LogP contribution is -2.27. The van der Waals surface area contributed by atoms with E-state index in [1.807, 2.05) is 38.4 Å². The van der Waals surface area contributed by atoms with Crippen molar-refractivity contribution in [2.45, 2.75) is 25.8 Å². The first-order valence-electron chi connectivity index (χ1n) is 13.5. The van der Waals surface area contributed by atoms with Gasteiger partial charge in [-0.15, -0.1) is 5.10 Å². The summed E-state index contributed by atoms with van der Waals surface area (Å²) in [5, 5.41) is 12.6. The van der Waals surface area contributed by atoms with Crippen molar-refractivity contribution in [3.63, 3.8) is 0 Å². The third-order valence-electron chi connectivity index (χ3n) is 7.66. The molecule has 5 aromatic rings. The Labute approximate surface area is 233 Å². The van der Waals surface area contributed by atoms with E-state index in [1.54, 1.807) is 4.68 Å². The normalized spacial score (nSPS) is 15.6. The van der Waals surface area contributed by atoms with Crippen molar-refractivity contribution in [2.24, 2.45) is 13.0 Å². The zero-order valence-corrected chi connectivity index (χ0v) is 23.7. The van der Waals surface area contributed by atoms with Crippen LogP contribution in [0.25, 0.3) is 33.3 Å². The number of rotatable bonds is 8. The van der Waals surface area contributed by atoms with Crippen LogP contribution >= 0.6 is 0 Å². The van der Waals surface area contributed by atoms with Crippen molar-refractivity contribution in [1.82, 2.24) is 29.5 Å². The summed E-state index contributed by atoms with van der Waals surface area (Å²) in [5.41, 5.74) is 6.56. The molecular weight excluding hydrogens is 526 g/mol. The molecular formula is C29H33N7O3S. The van der Waals surface area contributed by atoms with Crippen molar-refractivity contribution < 1.29 is 13.2 Å². The molecule has 11 heteroatoms. The molecule has 0 spiro atoms. The van der Waals surface area contributed by atoms with Crippen LogP contribution in [-0.2, 0) is 21.6 Å². The maximum atomic E-state index is 11.7. The quantitative estimate of drug-likeness (QED) is 0.301. The van der Waals surface area contributed by atoms with Crippen molar-refractivity contribution in [3.05, 3.63) is 66.0 Å². The Hall–Kier alpha value is -3.83. The molecule has 0 amide bonds. The average Bonchev–Trinajstić information content (AvgIpc) is 3.45. The largest absolute Gasteiger partial charge is 0.381 e. The van der Waals surface area contributed by atoms with Gasteiger partial charge in [0.05, 0.1) is 34.2 Å². The Morgan fingerprint density at radius 2 is 1.90 bits per heavy atom. The fraction of sp³-hybridized carbons (Fsp3) is 0.379. The van der Waals surface area contributed by atoms with Crippen LogP contribution in [0.3, 0.4) is 0 Å². The molecule has 0 unspecified atom stereocenters. The highest BCUT2D eigenvalue weighted by Gasteiger charge is 2.31. The summed E-state index contributed by atoms with van der Waals surface area (Å²) in [4.78, 5) is 10.0. The third kappa shape index (κ3) is 5.06. The van der Waals surface area contributed by atoms with Gasteiger partial charge in [0.25, 0.3) is 0 Å². The Balaban J connectivity index is 1.59. The SMILES string of the molecule is Cc1nnn(C)c1-c1cnc2c3ccc(NCCS(C)(=O)=O)nc3n([C@H](c3ccccc3)C3CCOCC3)c2c1. The number of benzene rings is 1. The highest BCUT2D eigenvalue weighted by Crippen LogP contribution is 2.41. The molecule has 4 aromatic heterocycles. The first-order valence-corrected chi connectivity index (χ1v) is 15.6. The van der Waals surface area contributed by atoms with Crippen molar-refractivity contribution in [2.75, 3.05) is 37.1 Å². The van der Waals surface area contributed by atoms with Crippen LogP contribution in [0.2, 0.25) is 0 Å². The number of nitrogens with one attached hydrogen (secondary N) is 1. The number of aromatic nitrogens is 6. The number of anilines is 1. The van der Waals surface area contributed by atoms with Crippen LogP contribution in [0.4, 0.5) is 5.82 Å². The smallest absolute Gasteiger partial charge is 0.149 e. The summed E-state index contributed by atoms with van der Waals surface area (Å²) in [6, 6.07) is 16.6. The van der Waals surface area contributed by atoms with Crippen molar-refractivity contribution in [1.29, 1.82) is 0 Å². The lowest BCUT2D eigenvalue weighted by molar-refractivity contribution is 0.0552. The van der Waals surface area contributed by atoms with Crippen LogP contribution in [0.5, 0.6) is 0 Å². The molecule has 1 aliphatic heterocycles. The molecule has 1 aromatic carbocycles. The zero-order chi connectivity index (χ0) is 27.9. The summed E-state index contributed by atoms with van der Waals surface area (Å²) in [6.07, 6.45) is 4.99. The van der Waals surface area contributed by atoms with Gasteiger partial charge in [0.2, 0.25) is 0 Å². The minimum absolute atomic E-state index is 0.00618. The summed E-state index contributed by atoms with van der Waals surface area (Å²) in [7, 11) is -1.20. The predicted molar refractivity (Wildman–Crippen MR) is 156 cm³/mol. The monoisotopic (exact) mass is 559 g/mol. The van der Waals surface area contributed by atoms with E-state index in [0.29, 0.717) is 11.7 Å². The highest BCUT2D eigenvalue weighted by atomic mass is 32.2. The van der Waals surface area contributed by atoms with Gasteiger partial charge < -0.3 is 14.6 Å². The van der Waals surface area contributed by atoms with Crippen LogP contribution in [0.15, 0.2) is 54.7 Å². The van der Waals surface area contributed by atoms with E-state index >= 15 is 0 Å². The van der Waals surface area contributed by atoms with Gasteiger partial charge in [-0.1, -0.05) is 35.5 Å². The molecule has 6 rings (SSSR count). The van der Waals surface area contributed by atoms with Crippen molar-refractivity contribution in [3.8, 4) is 11.3 Å². The third-order valence-corrected chi connectivity index (χ3v) is 8.61. The first kappa shape index (κ1) is 26.4. The molecule has 10 nitrogen and oxygen atoms in total. The van der Waals surface area contributed by atoms with Crippen LogP contribution in [0.1, 0.15) is 30.1 Å². The zero-order valence-electron chi connectivity index (χ0n) is 22.9. The predicted octanol–water partition coefficient (Wildman–Crippen LogP) is 4.16. The Morgan fingerprint density at radius 1 is 1.12 bits per heavy atom. The van der Waals surface area contributed by atoms with Gasteiger partial charge in [-0.2, -0.15) is 0 Å². The average molecular weight is 560 g/mol. The number of fused-ring (bicyclic) bond motifs is 3. The molecule has 1 saturated heterocycles. The molecule has 40 heavy (non-hydrogen) atoms. The second-order valence-corrected chi connectivity index (χ2v) is 12.8. The molecule has 0 aliphatic carbocycles. The maximum absolute atomic E-state index is 11.7. The van der Waals surface area contributed by atoms with Gasteiger partial charge >= 0.3 is 0 Å². The Morgan fingerprint density at radius 3 is 2.60 bits per heavy atom. The fourth-order valence-electron chi connectivity index (χ4n) is 5.82. The van der Waals surface area contributed by atoms with Gasteiger partial charge in [0, 0.05) is 50.2 Å². The summed E-state index contributed by atoms with van der Waals surface area (Å²) >= 11 is 0. The number of nitrogens with zero attached hydrogens (tertiary/aromatic N) is 6. The lowest BCUT2D eigenvalue weighted by atomic mass is 9.86. The van der Waals surface area contributed by atoms with Crippen LogP contribution < -0.4 is 5.32 Å². The number of aryl methyl sites for hydroxylation is 2. The fourth-order valence-corrected chi connectivity index (χ4v) is 6.29. The van der Waals surface area contributed by atoms with E-state index in [1.165, 1.54) is 11.8 Å². The van der Waals surface area contributed by atoms with Gasteiger partial charge in [-0.05, 0) is 49.4 Å². The molecule has 0 bridgehead atoms. The number of hydrogen-bond donors (Lipinski definition) is 1. The van der Waals surface area contributed by atoms with E-state index in [9.17, 15) is 8.42 Å². The molecule has 1 fully saturated rings. The van der Waals surface area contributed by atoms with E-state index in [4.69, 9.17) is 14.7 Å². The lowest BCUT2D eigenvalue weighted by Gasteiger charge is -2.32. The first-order chi connectivity index (χ1) is 19.3. The Bertz CT molecular complexity index is 1750. The van der Waals surface area contributed by atoms with E-state index in [-0.39, 0.29) is 18.3 Å². The molecule has 5 heterocycles. The molecule has 1 N–H and O–H groups in total. The Kier molecular flexibility index (Phi) is 7.01. The maximum Gasteiger partial charge on any atom is 0.149 e. The second kappa shape index (κ2) is 10.6. The van der Waals surface area contributed by atoms with Gasteiger partial charge in [-0.25, -0.2) is 18.1 Å². The standard InChI is InChI=1S/C29H33N7O3S/c1-19-27(35(2)34-33-19)22-17-24-26(31-18-22)23-9-10-25(30-13-16-40(3,37)38)32-29(23)36(24)28(20-7-5-4-6-8-20)21-11-14-39-15-12-21/h4-10,17-18,21,28H,11-16H2,1-3H3,(H,30,32)/t28-/m1/s1. The minimum atomic E-state index is -3.09. The number of ether oxygens (including phenoxy) is 1. The number of hydrogen-bond acceptors (Lipinski definition) is 8. The van der Waals surface area contributed by atoms with Gasteiger partial charge in [-0.3, -0.25) is 4.98 Å². The molecule has 0 radical (unpaired) electrons. The summed E-state index contributed by atoms with van der Waals surface area (Å²) < 4.78 is 33.3. The summed E-state index contributed by atoms with van der Waals surface area (Å²) in [6.45, 7) is 3.68. The molecule has 208 valence electrons. The summed E-state index contributed by atoms with van der Waals surface area (Å²) in [5.74, 6) is 1.00. The number of pyridine rings is 2. The van der Waals surface area contributed by atoms with Gasteiger partial charge in [0.1, 0.15) is 21.3 Å². The topological polar surface area (TPSA) is 117 Å². The van der Waals surface area contributed by atoms with Crippen LogP contribution in [-0.4, -0.2) is 69.7 Å². The number of sulfone groups is 1. The highest BCUT2D eigenvalue weighted by molar-refractivity contribution is 7.90. The van der Waals surface area contributed by atoms with Gasteiger partial charge in [0.15, 0.2) is 0 Å². The molecule has 1 atom stereocenters. The van der Waals surface area contributed by atoms with E-state index in [0.717, 1.165) is 65.1 Å². The molecule has 1 aliphatic rings. The van der Waals surface area contributed by atoms with Crippen LogP contribution in [0, 0.1) is 12.8 Å². The van der Waals surface area contributed by atoms with E-state index in [2.05, 4.69) is 50.5 Å².